The lowest BCUT2D eigenvalue weighted by molar-refractivity contribution is 0.0928. The molecule has 2 heterocycles. The normalized spacial score (nSPS) is 22.0. The number of imidazole rings is 1. The Labute approximate surface area is 137 Å². The van der Waals surface area contributed by atoms with Crippen LogP contribution >= 0.6 is 0 Å². The molecule has 1 aromatic carbocycles. The summed E-state index contributed by atoms with van der Waals surface area (Å²) in [6.45, 7) is 3.33. The van der Waals surface area contributed by atoms with E-state index in [0.717, 1.165) is 36.9 Å². The Bertz CT molecular complexity index is 728. The second-order valence-electron chi connectivity index (χ2n) is 7.29. The molecule has 4 nitrogen and oxygen atoms in total. The van der Waals surface area contributed by atoms with E-state index in [1.807, 2.05) is 12.1 Å². The zero-order chi connectivity index (χ0) is 15.8. The molecule has 23 heavy (non-hydrogen) atoms. The number of nitrogens with zero attached hydrogens (tertiary/aromatic N) is 2. The highest BCUT2D eigenvalue weighted by Crippen LogP contribution is 2.26. The van der Waals surface area contributed by atoms with Crippen LogP contribution in [0, 0.1) is 5.92 Å². The molecule has 2 aliphatic rings. The summed E-state index contributed by atoms with van der Waals surface area (Å²) in [7, 11) is 0. The smallest absolute Gasteiger partial charge is 0.251 e. The van der Waals surface area contributed by atoms with Crippen LogP contribution in [0.15, 0.2) is 18.2 Å². The zero-order valence-electron chi connectivity index (χ0n) is 13.8. The highest BCUT2D eigenvalue weighted by atomic mass is 16.1. The molecule has 1 aliphatic heterocycles. The van der Waals surface area contributed by atoms with Gasteiger partial charge in [0.15, 0.2) is 0 Å². The molecule has 1 fully saturated rings. The predicted molar refractivity (Wildman–Crippen MR) is 91.6 cm³/mol. The summed E-state index contributed by atoms with van der Waals surface area (Å²) in [5, 5.41) is 3.20. The number of aromatic nitrogens is 2. The van der Waals surface area contributed by atoms with Crippen molar-refractivity contribution in [1.82, 2.24) is 14.9 Å². The molecule has 122 valence electrons. The van der Waals surface area contributed by atoms with Crippen LogP contribution in [-0.2, 0) is 13.0 Å². The lowest BCUT2D eigenvalue weighted by Crippen LogP contribution is -2.36. The fourth-order valence-corrected chi connectivity index (χ4v) is 4.01. The number of carbonyl (C=O) groups is 1. The lowest BCUT2D eigenvalue weighted by atomic mass is 9.95. The predicted octanol–water partition coefficient (Wildman–Crippen LogP) is 3.68. The van der Waals surface area contributed by atoms with E-state index in [1.165, 1.54) is 37.0 Å². The van der Waals surface area contributed by atoms with Crippen LogP contribution in [0.2, 0.25) is 0 Å². The summed E-state index contributed by atoms with van der Waals surface area (Å²) in [6, 6.07) is 6.33. The minimum Gasteiger partial charge on any atom is -0.349 e. The molecule has 1 N–H and O–H groups in total. The van der Waals surface area contributed by atoms with Gasteiger partial charge in [-0.15, -0.1) is 0 Å². The third-order valence-electron chi connectivity index (χ3n) is 5.41. The van der Waals surface area contributed by atoms with Gasteiger partial charge in [-0.25, -0.2) is 4.98 Å². The first kappa shape index (κ1) is 14.7. The summed E-state index contributed by atoms with van der Waals surface area (Å²) >= 11 is 0. The minimum absolute atomic E-state index is 0.0538. The number of nitrogens with one attached hydrogen (secondary N) is 1. The zero-order valence-corrected chi connectivity index (χ0v) is 13.8. The van der Waals surface area contributed by atoms with E-state index in [4.69, 9.17) is 4.98 Å². The van der Waals surface area contributed by atoms with Gasteiger partial charge in [-0.1, -0.05) is 26.2 Å². The second kappa shape index (κ2) is 5.99. The number of rotatable bonds is 2. The van der Waals surface area contributed by atoms with Crippen molar-refractivity contribution in [2.24, 2.45) is 5.92 Å². The Morgan fingerprint density at radius 2 is 2.04 bits per heavy atom. The van der Waals surface area contributed by atoms with Gasteiger partial charge in [-0.05, 0) is 43.4 Å². The number of benzene rings is 1. The molecule has 1 aromatic heterocycles. The number of carbonyl (C=O) groups excluding carboxylic acids is 1. The van der Waals surface area contributed by atoms with Crippen LogP contribution < -0.4 is 5.32 Å². The van der Waals surface area contributed by atoms with Gasteiger partial charge in [0.1, 0.15) is 5.82 Å². The number of hydrogen-bond acceptors (Lipinski definition) is 2. The Balaban J connectivity index is 1.57. The SMILES string of the molecule is CC1CCn2c(nc3cc(C(=O)NC4CCCCC4)ccc32)C1. The summed E-state index contributed by atoms with van der Waals surface area (Å²) < 4.78 is 2.32. The number of fused-ring (bicyclic) bond motifs is 3. The lowest BCUT2D eigenvalue weighted by Gasteiger charge is -2.22. The maximum Gasteiger partial charge on any atom is 0.251 e. The molecule has 1 unspecified atom stereocenters. The maximum absolute atomic E-state index is 12.5. The fourth-order valence-electron chi connectivity index (χ4n) is 4.01. The maximum atomic E-state index is 12.5. The van der Waals surface area contributed by atoms with Gasteiger partial charge >= 0.3 is 0 Å². The van der Waals surface area contributed by atoms with E-state index < -0.39 is 0 Å². The quantitative estimate of drug-likeness (QED) is 0.919. The molecule has 1 amide bonds. The molecule has 4 rings (SSSR count). The first-order valence-corrected chi connectivity index (χ1v) is 9.01. The molecule has 0 bridgehead atoms. The number of aryl methyl sites for hydroxylation is 1. The van der Waals surface area contributed by atoms with Gasteiger partial charge in [-0.2, -0.15) is 0 Å². The molecule has 2 aromatic rings. The monoisotopic (exact) mass is 311 g/mol. The molecule has 0 radical (unpaired) electrons. The van der Waals surface area contributed by atoms with Gasteiger partial charge in [0, 0.05) is 24.6 Å². The van der Waals surface area contributed by atoms with Gasteiger partial charge in [0.2, 0.25) is 0 Å². The van der Waals surface area contributed by atoms with Crippen molar-refractivity contribution < 1.29 is 4.79 Å². The fraction of sp³-hybridized carbons (Fsp3) is 0.579. The van der Waals surface area contributed by atoms with Crippen molar-refractivity contribution in [3.05, 3.63) is 29.6 Å². The van der Waals surface area contributed by atoms with E-state index in [0.29, 0.717) is 12.0 Å². The topological polar surface area (TPSA) is 46.9 Å². The number of amides is 1. The average molecular weight is 311 g/mol. The molecular formula is C19H25N3O. The van der Waals surface area contributed by atoms with Gasteiger partial charge in [0.05, 0.1) is 11.0 Å². The van der Waals surface area contributed by atoms with Gasteiger partial charge in [-0.3, -0.25) is 4.79 Å². The van der Waals surface area contributed by atoms with Crippen molar-refractivity contribution in [2.75, 3.05) is 0 Å². The molecule has 4 heteroatoms. The third kappa shape index (κ3) is 2.87. The van der Waals surface area contributed by atoms with Crippen molar-refractivity contribution in [3.63, 3.8) is 0 Å². The molecule has 1 saturated carbocycles. The second-order valence-corrected chi connectivity index (χ2v) is 7.29. The number of hydrogen-bond donors (Lipinski definition) is 1. The Morgan fingerprint density at radius 1 is 1.22 bits per heavy atom. The van der Waals surface area contributed by atoms with E-state index >= 15 is 0 Å². The standard InChI is InChI=1S/C19H25N3O/c1-13-9-10-22-17-8-7-14(12-16(17)21-18(22)11-13)19(23)20-15-5-3-2-4-6-15/h7-8,12-13,15H,2-6,9-11H2,1H3,(H,20,23). The Hall–Kier alpha value is -1.84. The summed E-state index contributed by atoms with van der Waals surface area (Å²) in [5.74, 6) is 1.93. The molecule has 0 spiro atoms. The van der Waals surface area contributed by atoms with E-state index in [-0.39, 0.29) is 5.91 Å². The van der Waals surface area contributed by atoms with Crippen molar-refractivity contribution in [2.45, 2.75) is 64.5 Å². The van der Waals surface area contributed by atoms with Crippen LogP contribution in [0.25, 0.3) is 11.0 Å². The summed E-state index contributed by atoms with van der Waals surface area (Å²) in [6.07, 6.45) is 8.25. The van der Waals surface area contributed by atoms with Crippen LogP contribution in [0.1, 0.15) is 61.6 Å². The molecule has 0 saturated heterocycles. The third-order valence-corrected chi connectivity index (χ3v) is 5.41. The molecule has 1 atom stereocenters. The Kier molecular flexibility index (Phi) is 3.83. The highest BCUT2D eigenvalue weighted by molar-refractivity contribution is 5.97. The average Bonchev–Trinajstić information content (AvgIpc) is 2.92. The first-order valence-electron chi connectivity index (χ1n) is 9.01. The molecular weight excluding hydrogens is 286 g/mol. The minimum atomic E-state index is 0.0538. The van der Waals surface area contributed by atoms with Crippen LogP contribution in [0.5, 0.6) is 0 Å². The largest absolute Gasteiger partial charge is 0.349 e. The van der Waals surface area contributed by atoms with Crippen LogP contribution in [0.4, 0.5) is 0 Å². The van der Waals surface area contributed by atoms with Crippen molar-refractivity contribution >= 4 is 16.9 Å². The van der Waals surface area contributed by atoms with Crippen molar-refractivity contribution in [3.8, 4) is 0 Å². The van der Waals surface area contributed by atoms with Gasteiger partial charge < -0.3 is 9.88 Å². The van der Waals surface area contributed by atoms with Gasteiger partial charge in [0.25, 0.3) is 5.91 Å². The summed E-state index contributed by atoms with van der Waals surface area (Å²) in [4.78, 5) is 17.3. The van der Waals surface area contributed by atoms with Crippen LogP contribution in [0.3, 0.4) is 0 Å². The van der Waals surface area contributed by atoms with Crippen molar-refractivity contribution in [1.29, 1.82) is 0 Å². The Morgan fingerprint density at radius 3 is 2.87 bits per heavy atom. The summed E-state index contributed by atoms with van der Waals surface area (Å²) in [5.41, 5.74) is 2.87. The van der Waals surface area contributed by atoms with E-state index in [1.54, 1.807) is 0 Å². The first-order chi connectivity index (χ1) is 11.2. The van der Waals surface area contributed by atoms with Crippen LogP contribution in [-0.4, -0.2) is 21.5 Å². The van der Waals surface area contributed by atoms with E-state index in [2.05, 4.69) is 22.9 Å². The van der Waals surface area contributed by atoms with E-state index in [9.17, 15) is 4.79 Å². The molecule has 1 aliphatic carbocycles. The highest BCUT2D eigenvalue weighted by Gasteiger charge is 2.21.